The quantitative estimate of drug-likeness (QED) is 0.821. The van der Waals surface area contributed by atoms with Crippen LogP contribution in [0.2, 0.25) is 0 Å². The number of aliphatic carboxylic acids is 1. The molecule has 1 aliphatic carbocycles. The Bertz CT molecular complexity index is 353. The first-order valence-electron chi connectivity index (χ1n) is 7.33. The monoisotopic (exact) mass is 268 g/mol. The summed E-state index contributed by atoms with van der Waals surface area (Å²) >= 11 is 0. The minimum absolute atomic E-state index is 0.222. The van der Waals surface area contributed by atoms with Crippen molar-refractivity contribution in [1.29, 1.82) is 0 Å². The van der Waals surface area contributed by atoms with Gasteiger partial charge in [0, 0.05) is 13.1 Å². The lowest BCUT2D eigenvalue weighted by atomic mass is 10.00. The molecule has 1 heterocycles. The van der Waals surface area contributed by atoms with Crippen LogP contribution in [0.25, 0.3) is 0 Å². The first kappa shape index (κ1) is 14.2. The van der Waals surface area contributed by atoms with Crippen molar-refractivity contribution in [3.05, 3.63) is 0 Å². The zero-order valence-corrected chi connectivity index (χ0v) is 11.7. The van der Waals surface area contributed by atoms with Crippen LogP contribution in [0.3, 0.4) is 0 Å². The Hall–Kier alpha value is -1.26. The first-order valence-corrected chi connectivity index (χ1v) is 7.33. The molecule has 1 aliphatic heterocycles. The Morgan fingerprint density at radius 2 is 2.00 bits per heavy atom. The Kier molecular flexibility index (Phi) is 4.32. The third-order valence-corrected chi connectivity index (χ3v) is 4.65. The van der Waals surface area contributed by atoms with Gasteiger partial charge in [-0.1, -0.05) is 25.7 Å². The summed E-state index contributed by atoms with van der Waals surface area (Å²) in [6.07, 6.45) is 7.48. The number of likely N-dealkylation sites (tertiary alicyclic amines) is 1. The highest BCUT2D eigenvalue weighted by Gasteiger charge is 2.45. The van der Waals surface area contributed by atoms with Gasteiger partial charge in [0.1, 0.15) is 5.54 Å². The maximum atomic E-state index is 12.1. The van der Waals surface area contributed by atoms with Crippen LogP contribution in [0.4, 0.5) is 4.79 Å². The molecular weight excluding hydrogens is 244 g/mol. The second-order valence-electron chi connectivity index (χ2n) is 6.01. The lowest BCUT2D eigenvalue weighted by Crippen LogP contribution is -2.54. The average molecular weight is 268 g/mol. The van der Waals surface area contributed by atoms with Gasteiger partial charge in [0.25, 0.3) is 0 Å². The molecule has 1 unspecified atom stereocenters. The molecule has 2 fully saturated rings. The molecule has 0 aromatic rings. The van der Waals surface area contributed by atoms with Crippen LogP contribution in [0.5, 0.6) is 0 Å². The smallest absolute Gasteiger partial charge is 0.329 e. The normalized spacial score (nSPS) is 27.7. The number of nitrogens with zero attached hydrogens (tertiary/aromatic N) is 1. The maximum absolute atomic E-state index is 12.1. The number of carboxylic acids is 1. The fraction of sp³-hybridized carbons (Fsp3) is 0.857. The van der Waals surface area contributed by atoms with Gasteiger partial charge < -0.3 is 15.3 Å². The number of carbonyl (C=O) groups is 2. The molecule has 1 saturated carbocycles. The van der Waals surface area contributed by atoms with Gasteiger partial charge in [0.15, 0.2) is 0 Å². The molecule has 19 heavy (non-hydrogen) atoms. The second-order valence-corrected chi connectivity index (χ2v) is 6.01. The van der Waals surface area contributed by atoms with Crippen molar-refractivity contribution in [3.8, 4) is 0 Å². The zero-order valence-electron chi connectivity index (χ0n) is 11.7. The lowest BCUT2D eigenvalue weighted by Gasteiger charge is -2.31. The van der Waals surface area contributed by atoms with Crippen molar-refractivity contribution < 1.29 is 14.7 Å². The largest absolute Gasteiger partial charge is 0.480 e. The van der Waals surface area contributed by atoms with Gasteiger partial charge in [-0.2, -0.15) is 0 Å². The van der Waals surface area contributed by atoms with Crippen molar-refractivity contribution >= 4 is 12.0 Å². The van der Waals surface area contributed by atoms with E-state index in [2.05, 4.69) is 5.32 Å². The van der Waals surface area contributed by atoms with E-state index in [4.69, 9.17) is 0 Å². The molecule has 2 aliphatic rings. The predicted octanol–water partition coefficient (Wildman–Crippen LogP) is 2.22. The predicted molar refractivity (Wildman–Crippen MR) is 72.0 cm³/mol. The number of nitrogens with one attached hydrogen (secondary N) is 1. The molecule has 5 nitrogen and oxygen atoms in total. The molecule has 1 atom stereocenters. The van der Waals surface area contributed by atoms with E-state index in [1.54, 1.807) is 6.92 Å². The Morgan fingerprint density at radius 1 is 1.32 bits per heavy atom. The number of rotatable bonds is 4. The van der Waals surface area contributed by atoms with Gasteiger partial charge in [0.2, 0.25) is 0 Å². The standard InChI is InChI=1S/C14H24N2O3/c1-14(12(17)18)8-4-10-16(14)13(19)15-9-7-11-5-2-3-6-11/h11H,2-10H2,1H3,(H,15,19)(H,17,18). The summed E-state index contributed by atoms with van der Waals surface area (Å²) in [7, 11) is 0. The van der Waals surface area contributed by atoms with Gasteiger partial charge in [-0.15, -0.1) is 0 Å². The molecule has 108 valence electrons. The highest BCUT2D eigenvalue weighted by molar-refractivity contribution is 5.86. The second kappa shape index (κ2) is 5.80. The molecule has 0 aromatic heterocycles. The number of urea groups is 1. The zero-order chi connectivity index (χ0) is 13.9. The van der Waals surface area contributed by atoms with E-state index < -0.39 is 11.5 Å². The molecule has 0 spiro atoms. The fourth-order valence-corrected chi connectivity index (χ4v) is 3.29. The number of carboxylic acid groups (broad SMARTS) is 1. The van der Waals surface area contributed by atoms with Gasteiger partial charge in [-0.3, -0.25) is 0 Å². The molecule has 5 heteroatoms. The van der Waals surface area contributed by atoms with Crippen molar-refractivity contribution in [2.24, 2.45) is 5.92 Å². The molecule has 1 saturated heterocycles. The number of carbonyl (C=O) groups excluding carboxylic acids is 1. The Balaban J connectivity index is 1.80. The van der Waals surface area contributed by atoms with Crippen molar-refractivity contribution in [2.45, 2.75) is 57.4 Å². The highest BCUT2D eigenvalue weighted by atomic mass is 16.4. The maximum Gasteiger partial charge on any atom is 0.329 e. The highest BCUT2D eigenvalue weighted by Crippen LogP contribution is 2.29. The lowest BCUT2D eigenvalue weighted by molar-refractivity contribution is -0.147. The van der Waals surface area contributed by atoms with E-state index >= 15 is 0 Å². The first-order chi connectivity index (χ1) is 9.04. The van der Waals surface area contributed by atoms with E-state index in [9.17, 15) is 14.7 Å². The van der Waals surface area contributed by atoms with Gasteiger partial charge >= 0.3 is 12.0 Å². The summed E-state index contributed by atoms with van der Waals surface area (Å²) in [6, 6.07) is -0.222. The van der Waals surface area contributed by atoms with Crippen LogP contribution in [0, 0.1) is 5.92 Å². The number of hydrogen-bond acceptors (Lipinski definition) is 2. The van der Waals surface area contributed by atoms with Gasteiger partial charge in [-0.05, 0) is 32.1 Å². The third-order valence-electron chi connectivity index (χ3n) is 4.65. The van der Waals surface area contributed by atoms with E-state index in [-0.39, 0.29) is 6.03 Å². The van der Waals surface area contributed by atoms with Crippen LogP contribution in [-0.4, -0.2) is 40.6 Å². The van der Waals surface area contributed by atoms with Crippen molar-refractivity contribution in [2.75, 3.05) is 13.1 Å². The van der Waals surface area contributed by atoms with Crippen LogP contribution in [-0.2, 0) is 4.79 Å². The molecular formula is C14H24N2O3. The van der Waals surface area contributed by atoms with Crippen LogP contribution in [0.1, 0.15) is 51.9 Å². The molecule has 2 amide bonds. The van der Waals surface area contributed by atoms with Gasteiger partial charge in [-0.25, -0.2) is 9.59 Å². The summed E-state index contributed by atoms with van der Waals surface area (Å²) in [5.74, 6) is -0.166. The third kappa shape index (κ3) is 3.01. The minimum atomic E-state index is -1.03. The minimum Gasteiger partial charge on any atom is -0.480 e. The van der Waals surface area contributed by atoms with Gasteiger partial charge in [0.05, 0.1) is 0 Å². The summed E-state index contributed by atoms with van der Waals surface area (Å²) in [6.45, 7) is 2.84. The summed E-state index contributed by atoms with van der Waals surface area (Å²) in [5, 5.41) is 12.2. The summed E-state index contributed by atoms with van der Waals surface area (Å²) in [4.78, 5) is 24.9. The Morgan fingerprint density at radius 3 is 2.63 bits per heavy atom. The summed E-state index contributed by atoms with van der Waals surface area (Å²) < 4.78 is 0. The van der Waals surface area contributed by atoms with E-state index in [0.717, 1.165) is 18.8 Å². The van der Waals surface area contributed by atoms with E-state index in [1.807, 2.05) is 0 Å². The average Bonchev–Trinajstić information content (AvgIpc) is 2.99. The molecule has 0 radical (unpaired) electrons. The SMILES string of the molecule is CC1(C(=O)O)CCCN1C(=O)NCCC1CCCC1. The fourth-order valence-electron chi connectivity index (χ4n) is 3.29. The molecule has 0 bridgehead atoms. The van der Waals surface area contributed by atoms with E-state index in [1.165, 1.54) is 30.6 Å². The van der Waals surface area contributed by atoms with Crippen LogP contribution in [0.15, 0.2) is 0 Å². The topological polar surface area (TPSA) is 69.6 Å². The summed E-state index contributed by atoms with van der Waals surface area (Å²) in [5.41, 5.74) is -1.03. The van der Waals surface area contributed by atoms with Crippen LogP contribution >= 0.6 is 0 Å². The van der Waals surface area contributed by atoms with Crippen molar-refractivity contribution in [3.63, 3.8) is 0 Å². The van der Waals surface area contributed by atoms with E-state index in [0.29, 0.717) is 19.5 Å². The molecule has 0 aromatic carbocycles. The van der Waals surface area contributed by atoms with Crippen LogP contribution < -0.4 is 5.32 Å². The Labute approximate surface area is 114 Å². The number of hydrogen-bond donors (Lipinski definition) is 2. The number of amides is 2. The van der Waals surface area contributed by atoms with Crippen molar-refractivity contribution in [1.82, 2.24) is 10.2 Å². The molecule has 2 N–H and O–H groups in total. The molecule has 2 rings (SSSR count).